The minimum absolute atomic E-state index is 0.0205. The predicted molar refractivity (Wildman–Crippen MR) is 99.6 cm³/mol. The van der Waals surface area contributed by atoms with Crippen LogP contribution in [0.4, 0.5) is 5.69 Å². The summed E-state index contributed by atoms with van der Waals surface area (Å²) in [5.74, 6) is 2.25. The second-order valence-corrected chi connectivity index (χ2v) is 8.74. The fourth-order valence-corrected chi connectivity index (χ4v) is 6.06. The lowest BCUT2D eigenvalue weighted by Crippen LogP contribution is -2.61. The van der Waals surface area contributed by atoms with Gasteiger partial charge in [0.15, 0.2) is 0 Å². The number of hydrogen-bond donors (Lipinski definition) is 1. The van der Waals surface area contributed by atoms with E-state index in [1.165, 1.54) is 24.3 Å². The standard InChI is InChI=1S/C21H25N3O2/c25-19-7-6-18(23-24(19)17-4-2-1-3-5-17)20(26)22-21-11-14-8-15(12-21)10-16(9-14)13-21/h1-5,14-16H,6-13H2,(H,22,26). The third-order valence-corrected chi connectivity index (χ3v) is 6.71. The van der Waals surface area contributed by atoms with Crippen molar-refractivity contribution in [3.05, 3.63) is 30.3 Å². The lowest BCUT2D eigenvalue weighted by molar-refractivity contribution is -0.120. The van der Waals surface area contributed by atoms with Gasteiger partial charge in [-0.25, -0.2) is 5.01 Å². The van der Waals surface area contributed by atoms with Gasteiger partial charge in [0.25, 0.3) is 5.91 Å². The van der Waals surface area contributed by atoms with Crippen LogP contribution < -0.4 is 10.3 Å². The lowest BCUT2D eigenvalue weighted by Gasteiger charge is -2.56. The lowest BCUT2D eigenvalue weighted by atomic mass is 9.53. The molecule has 5 aliphatic rings. The Hall–Kier alpha value is -2.17. The Morgan fingerprint density at radius 2 is 1.62 bits per heavy atom. The molecule has 5 heteroatoms. The zero-order valence-corrected chi connectivity index (χ0v) is 15.0. The molecule has 0 saturated heterocycles. The molecule has 2 amide bonds. The number of benzene rings is 1. The number of rotatable bonds is 3. The number of nitrogens with one attached hydrogen (secondary N) is 1. The average molecular weight is 351 g/mol. The first-order chi connectivity index (χ1) is 12.6. The van der Waals surface area contributed by atoms with Crippen LogP contribution in [-0.2, 0) is 9.59 Å². The molecule has 4 bridgehead atoms. The van der Waals surface area contributed by atoms with E-state index in [9.17, 15) is 9.59 Å². The zero-order valence-electron chi connectivity index (χ0n) is 15.0. The molecule has 0 aromatic heterocycles. The van der Waals surface area contributed by atoms with E-state index in [1.807, 2.05) is 30.3 Å². The van der Waals surface area contributed by atoms with Crippen molar-refractivity contribution in [2.24, 2.45) is 22.9 Å². The smallest absolute Gasteiger partial charge is 0.267 e. The molecule has 0 radical (unpaired) electrons. The largest absolute Gasteiger partial charge is 0.345 e. The van der Waals surface area contributed by atoms with Crippen molar-refractivity contribution in [2.45, 2.75) is 56.9 Å². The molecule has 1 aromatic rings. The summed E-state index contributed by atoms with van der Waals surface area (Å²) in [6.07, 6.45) is 8.20. The van der Waals surface area contributed by atoms with Crippen LogP contribution in [-0.4, -0.2) is 23.1 Å². The van der Waals surface area contributed by atoms with E-state index in [2.05, 4.69) is 10.4 Å². The van der Waals surface area contributed by atoms with Gasteiger partial charge in [-0.15, -0.1) is 0 Å². The van der Waals surface area contributed by atoms with Crippen LogP contribution in [0.5, 0.6) is 0 Å². The molecule has 4 saturated carbocycles. The van der Waals surface area contributed by atoms with E-state index in [-0.39, 0.29) is 17.4 Å². The van der Waals surface area contributed by atoms with Crippen molar-refractivity contribution in [3.63, 3.8) is 0 Å². The molecule has 4 fully saturated rings. The predicted octanol–water partition coefficient (Wildman–Crippen LogP) is 3.25. The third kappa shape index (κ3) is 2.74. The average Bonchev–Trinajstić information content (AvgIpc) is 2.61. The van der Waals surface area contributed by atoms with E-state index < -0.39 is 0 Å². The Labute approximate surface area is 153 Å². The molecule has 6 rings (SSSR count). The summed E-state index contributed by atoms with van der Waals surface area (Å²) in [5, 5.41) is 9.18. The normalized spacial score (nSPS) is 35.4. The summed E-state index contributed by atoms with van der Waals surface area (Å²) in [4.78, 5) is 25.2. The SMILES string of the molecule is O=C(NC12CC3CC(CC(C3)C1)C2)C1=NN(c2ccccc2)C(=O)CC1. The quantitative estimate of drug-likeness (QED) is 0.909. The Balaban J connectivity index is 1.36. The van der Waals surface area contributed by atoms with Crippen molar-refractivity contribution in [3.8, 4) is 0 Å². The Kier molecular flexibility index (Phi) is 3.66. The number of carbonyl (C=O) groups excluding carboxylic acids is 2. The molecule has 136 valence electrons. The number of nitrogens with zero attached hydrogens (tertiary/aromatic N) is 2. The minimum atomic E-state index is -0.0691. The fraction of sp³-hybridized carbons (Fsp3) is 0.571. The molecule has 0 unspecified atom stereocenters. The Morgan fingerprint density at radius 3 is 2.23 bits per heavy atom. The molecule has 1 N–H and O–H groups in total. The highest BCUT2D eigenvalue weighted by molar-refractivity contribution is 6.40. The van der Waals surface area contributed by atoms with Crippen LogP contribution in [0, 0.1) is 17.8 Å². The molecular weight excluding hydrogens is 326 g/mol. The van der Waals surface area contributed by atoms with Crippen molar-refractivity contribution in [2.75, 3.05) is 5.01 Å². The number of amides is 2. The first-order valence-electron chi connectivity index (χ1n) is 9.88. The van der Waals surface area contributed by atoms with E-state index in [1.54, 1.807) is 0 Å². The minimum Gasteiger partial charge on any atom is -0.345 e. The fourth-order valence-electron chi connectivity index (χ4n) is 6.06. The summed E-state index contributed by atoms with van der Waals surface area (Å²) in [6.45, 7) is 0. The maximum absolute atomic E-state index is 13.0. The summed E-state index contributed by atoms with van der Waals surface area (Å²) >= 11 is 0. The van der Waals surface area contributed by atoms with Crippen LogP contribution in [0.3, 0.4) is 0 Å². The number of carbonyl (C=O) groups is 2. The van der Waals surface area contributed by atoms with E-state index in [0.717, 1.165) is 42.7 Å². The van der Waals surface area contributed by atoms with Gasteiger partial charge in [-0.3, -0.25) is 9.59 Å². The second kappa shape index (κ2) is 5.93. The molecule has 5 nitrogen and oxygen atoms in total. The molecule has 1 aromatic carbocycles. The van der Waals surface area contributed by atoms with Crippen LogP contribution in [0.2, 0.25) is 0 Å². The molecule has 0 atom stereocenters. The second-order valence-electron chi connectivity index (χ2n) is 8.74. The Bertz CT molecular complexity index is 735. The monoisotopic (exact) mass is 351 g/mol. The van der Waals surface area contributed by atoms with Crippen molar-refractivity contribution < 1.29 is 9.59 Å². The highest BCUT2D eigenvalue weighted by atomic mass is 16.2. The van der Waals surface area contributed by atoms with Gasteiger partial charge in [-0.1, -0.05) is 18.2 Å². The molecule has 4 aliphatic carbocycles. The highest BCUT2D eigenvalue weighted by Crippen LogP contribution is 2.55. The van der Waals surface area contributed by atoms with E-state index in [4.69, 9.17) is 0 Å². The zero-order chi connectivity index (χ0) is 17.7. The third-order valence-electron chi connectivity index (χ3n) is 6.71. The van der Waals surface area contributed by atoms with E-state index in [0.29, 0.717) is 18.6 Å². The first kappa shape index (κ1) is 16.0. The van der Waals surface area contributed by atoms with Crippen molar-refractivity contribution >= 4 is 23.2 Å². The van der Waals surface area contributed by atoms with Gasteiger partial charge in [0.2, 0.25) is 5.91 Å². The summed E-state index contributed by atoms with van der Waals surface area (Å²) in [5.41, 5.74) is 1.19. The van der Waals surface area contributed by atoms with E-state index >= 15 is 0 Å². The number of hydrogen-bond acceptors (Lipinski definition) is 3. The summed E-state index contributed by atoms with van der Waals surface area (Å²) in [6, 6.07) is 9.36. The van der Waals surface area contributed by atoms with Gasteiger partial charge in [0, 0.05) is 18.4 Å². The molecule has 0 spiro atoms. The van der Waals surface area contributed by atoms with Crippen molar-refractivity contribution in [1.82, 2.24) is 5.32 Å². The van der Waals surface area contributed by atoms with Crippen LogP contribution >= 0.6 is 0 Å². The first-order valence-corrected chi connectivity index (χ1v) is 9.88. The molecule has 26 heavy (non-hydrogen) atoms. The number of para-hydroxylation sites is 1. The van der Waals surface area contributed by atoms with Crippen LogP contribution in [0.15, 0.2) is 35.4 Å². The van der Waals surface area contributed by atoms with Gasteiger partial charge in [0.05, 0.1) is 5.69 Å². The number of anilines is 1. The maximum Gasteiger partial charge on any atom is 0.267 e. The van der Waals surface area contributed by atoms with Gasteiger partial charge in [-0.05, 0) is 68.4 Å². The van der Waals surface area contributed by atoms with Gasteiger partial charge in [-0.2, -0.15) is 5.10 Å². The highest BCUT2D eigenvalue weighted by Gasteiger charge is 2.51. The summed E-state index contributed by atoms with van der Waals surface area (Å²) in [7, 11) is 0. The summed E-state index contributed by atoms with van der Waals surface area (Å²) < 4.78 is 0. The molecule has 1 aliphatic heterocycles. The number of hydrazone groups is 1. The van der Waals surface area contributed by atoms with Gasteiger partial charge >= 0.3 is 0 Å². The van der Waals surface area contributed by atoms with Crippen molar-refractivity contribution in [1.29, 1.82) is 0 Å². The maximum atomic E-state index is 13.0. The van der Waals surface area contributed by atoms with Gasteiger partial charge in [0.1, 0.15) is 5.71 Å². The topological polar surface area (TPSA) is 61.8 Å². The van der Waals surface area contributed by atoms with Crippen LogP contribution in [0.1, 0.15) is 51.4 Å². The Morgan fingerprint density at radius 1 is 1.00 bits per heavy atom. The molecular formula is C21H25N3O2. The van der Waals surface area contributed by atoms with Crippen LogP contribution in [0.25, 0.3) is 0 Å². The molecule has 1 heterocycles. The van der Waals surface area contributed by atoms with Gasteiger partial charge < -0.3 is 5.32 Å².